The Labute approximate surface area is 91.4 Å². The third-order valence-corrected chi connectivity index (χ3v) is 2.63. The molecule has 0 unspecified atom stereocenters. The third kappa shape index (κ3) is 9.86. The van der Waals surface area contributed by atoms with Crippen molar-refractivity contribution >= 4 is 17.7 Å². The number of amides is 1. The fraction of sp³-hybridized carbons (Fsp3) is 0.900. The van der Waals surface area contributed by atoms with E-state index in [-0.39, 0.29) is 5.91 Å². The van der Waals surface area contributed by atoms with Crippen molar-refractivity contribution in [3.05, 3.63) is 0 Å². The van der Waals surface area contributed by atoms with E-state index in [0.717, 1.165) is 31.8 Å². The molecular weight excluding hydrogens is 196 g/mol. The van der Waals surface area contributed by atoms with Gasteiger partial charge in [-0.15, -0.1) is 0 Å². The van der Waals surface area contributed by atoms with Gasteiger partial charge in [-0.25, -0.2) is 0 Å². The van der Waals surface area contributed by atoms with Crippen LogP contribution in [0, 0.1) is 0 Å². The predicted molar refractivity (Wildman–Crippen MR) is 63.8 cm³/mol. The Bertz CT molecular complexity index is 142. The van der Waals surface area contributed by atoms with Crippen LogP contribution in [0.2, 0.25) is 0 Å². The summed E-state index contributed by atoms with van der Waals surface area (Å²) in [5, 5.41) is 6.10. The molecule has 0 fully saturated rings. The lowest BCUT2D eigenvalue weighted by Gasteiger charge is -2.04. The molecule has 0 spiro atoms. The number of hydrogen-bond donors (Lipinski definition) is 2. The Hall–Kier alpha value is -0.220. The molecule has 0 aromatic carbocycles. The number of nitrogens with one attached hydrogen (secondary N) is 2. The van der Waals surface area contributed by atoms with E-state index in [9.17, 15) is 4.79 Å². The second-order valence-electron chi connectivity index (χ2n) is 3.05. The van der Waals surface area contributed by atoms with Crippen LogP contribution in [0.4, 0.5) is 0 Å². The fourth-order valence-corrected chi connectivity index (χ4v) is 1.55. The summed E-state index contributed by atoms with van der Waals surface area (Å²) < 4.78 is 0. The van der Waals surface area contributed by atoms with Gasteiger partial charge in [-0.1, -0.05) is 13.8 Å². The van der Waals surface area contributed by atoms with Gasteiger partial charge < -0.3 is 10.6 Å². The van der Waals surface area contributed by atoms with Gasteiger partial charge in [-0.05, 0) is 12.2 Å². The van der Waals surface area contributed by atoms with Gasteiger partial charge in [0.15, 0.2) is 0 Å². The zero-order valence-electron chi connectivity index (χ0n) is 9.27. The average Bonchev–Trinajstić information content (AvgIpc) is 2.20. The molecule has 84 valence electrons. The van der Waals surface area contributed by atoms with Crippen LogP contribution in [0.25, 0.3) is 0 Å². The highest BCUT2D eigenvalue weighted by molar-refractivity contribution is 7.99. The van der Waals surface area contributed by atoms with E-state index in [2.05, 4.69) is 24.5 Å². The molecule has 0 aliphatic carbocycles. The van der Waals surface area contributed by atoms with Crippen LogP contribution in [-0.2, 0) is 4.79 Å². The van der Waals surface area contributed by atoms with Crippen molar-refractivity contribution in [1.82, 2.24) is 10.6 Å². The lowest BCUT2D eigenvalue weighted by atomic mass is 10.4. The highest BCUT2D eigenvalue weighted by atomic mass is 32.2. The minimum atomic E-state index is 0.155. The minimum Gasteiger partial charge on any atom is -0.356 e. The first-order valence-electron chi connectivity index (χ1n) is 5.36. The smallest absolute Gasteiger partial charge is 0.221 e. The Morgan fingerprint density at radius 2 is 2.00 bits per heavy atom. The van der Waals surface area contributed by atoms with Crippen molar-refractivity contribution in [2.75, 3.05) is 31.1 Å². The Morgan fingerprint density at radius 1 is 1.21 bits per heavy atom. The van der Waals surface area contributed by atoms with Crippen LogP contribution in [0.15, 0.2) is 0 Å². The lowest BCUT2D eigenvalue weighted by Crippen LogP contribution is -2.28. The van der Waals surface area contributed by atoms with Gasteiger partial charge in [-0.3, -0.25) is 4.79 Å². The largest absolute Gasteiger partial charge is 0.356 e. The monoisotopic (exact) mass is 218 g/mol. The molecule has 0 bridgehead atoms. The molecule has 0 atom stereocenters. The summed E-state index contributed by atoms with van der Waals surface area (Å²) >= 11 is 1.92. The van der Waals surface area contributed by atoms with Gasteiger partial charge in [0.05, 0.1) is 0 Å². The van der Waals surface area contributed by atoms with Crippen LogP contribution in [0.5, 0.6) is 0 Å². The number of carbonyl (C=O) groups excluding carboxylic acids is 1. The van der Waals surface area contributed by atoms with Crippen molar-refractivity contribution in [3.63, 3.8) is 0 Å². The van der Waals surface area contributed by atoms with E-state index in [0.29, 0.717) is 6.42 Å². The Morgan fingerprint density at radius 3 is 2.64 bits per heavy atom. The van der Waals surface area contributed by atoms with Gasteiger partial charge in [0.2, 0.25) is 5.91 Å². The maximum absolute atomic E-state index is 11.1. The van der Waals surface area contributed by atoms with E-state index in [1.54, 1.807) is 0 Å². The molecule has 0 aromatic rings. The first-order chi connectivity index (χ1) is 6.81. The van der Waals surface area contributed by atoms with Crippen LogP contribution in [-0.4, -0.2) is 37.0 Å². The highest BCUT2D eigenvalue weighted by Crippen LogP contribution is 1.94. The zero-order chi connectivity index (χ0) is 10.6. The third-order valence-electron chi connectivity index (χ3n) is 1.73. The van der Waals surface area contributed by atoms with E-state index in [1.165, 1.54) is 5.75 Å². The summed E-state index contributed by atoms with van der Waals surface area (Å²) in [6, 6.07) is 0. The molecule has 3 nitrogen and oxygen atoms in total. The van der Waals surface area contributed by atoms with Gasteiger partial charge in [0.25, 0.3) is 0 Å². The SMILES string of the molecule is CCCNC(=O)CCNCCSCC. The Kier molecular flexibility index (Phi) is 10.7. The van der Waals surface area contributed by atoms with Crippen LogP contribution in [0.3, 0.4) is 0 Å². The second kappa shape index (κ2) is 10.9. The summed E-state index contributed by atoms with van der Waals surface area (Å²) in [6.45, 7) is 6.80. The van der Waals surface area contributed by atoms with Crippen molar-refractivity contribution in [3.8, 4) is 0 Å². The van der Waals surface area contributed by atoms with Gasteiger partial charge in [-0.2, -0.15) is 11.8 Å². The number of hydrogen-bond acceptors (Lipinski definition) is 3. The summed E-state index contributed by atoms with van der Waals surface area (Å²) in [6.07, 6.45) is 1.60. The molecule has 14 heavy (non-hydrogen) atoms. The van der Waals surface area contributed by atoms with Gasteiger partial charge in [0, 0.05) is 31.8 Å². The van der Waals surface area contributed by atoms with Crippen LogP contribution >= 0.6 is 11.8 Å². The molecule has 0 aliphatic heterocycles. The number of carbonyl (C=O) groups is 1. The minimum absolute atomic E-state index is 0.155. The molecule has 4 heteroatoms. The summed E-state index contributed by atoms with van der Waals surface area (Å²) in [5.41, 5.74) is 0. The van der Waals surface area contributed by atoms with Crippen molar-refractivity contribution < 1.29 is 4.79 Å². The number of thioether (sulfide) groups is 1. The standard InChI is InChI=1S/C10H22N2OS/c1-3-6-12-10(13)5-7-11-8-9-14-4-2/h11H,3-9H2,1-2H3,(H,12,13). The normalized spacial score (nSPS) is 10.1. The summed E-state index contributed by atoms with van der Waals surface area (Å²) in [7, 11) is 0. The predicted octanol–water partition coefficient (Wildman–Crippen LogP) is 1.25. The molecule has 0 saturated heterocycles. The highest BCUT2D eigenvalue weighted by Gasteiger charge is 1.97. The van der Waals surface area contributed by atoms with Crippen LogP contribution in [0.1, 0.15) is 26.7 Å². The van der Waals surface area contributed by atoms with E-state index in [4.69, 9.17) is 0 Å². The second-order valence-corrected chi connectivity index (χ2v) is 4.44. The summed E-state index contributed by atoms with van der Waals surface area (Å²) in [4.78, 5) is 11.1. The molecule has 0 heterocycles. The van der Waals surface area contributed by atoms with E-state index >= 15 is 0 Å². The lowest BCUT2D eigenvalue weighted by molar-refractivity contribution is -0.120. The molecule has 0 radical (unpaired) electrons. The maximum Gasteiger partial charge on any atom is 0.221 e. The fourth-order valence-electron chi connectivity index (χ4n) is 0.968. The van der Waals surface area contributed by atoms with Crippen molar-refractivity contribution in [1.29, 1.82) is 0 Å². The molecule has 2 N–H and O–H groups in total. The first kappa shape index (κ1) is 13.8. The maximum atomic E-state index is 11.1. The molecule has 1 amide bonds. The quantitative estimate of drug-likeness (QED) is 0.572. The van der Waals surface area contributed by atoms with Gasteiger partial charge in [0.1, 0.15) is 0 Å². The van der Waals surface area contributed by atoms with Crippen molar-refractivity contribution in [2.45, 2.75) is 26.7 Å². The zero-order valence-corrected chi connectivity index (χ0v) is 10.1. The molecule has 0 aliphatic rings. The van der Waals surface area contributed by atoms with Crippen LogP contribution < -0.4 is 10.6 Å². The Balaban J connectivity index is 3.07. The van der Waals surface area contributed by atoms with Crippen molar-refractivity contribution in [2.24, 2.45) is 0 Å². The molecule has 0 aromatic heterocycles. The molecule has 0 rings (SSSR count). The number of rotatable bonds is 9. The molecular formula is C10H22N2OS. The average molecular weight is 218 g/mol. The summed E-state index contributed by atoms with van der Waals surface area (Å²) in [5.74, 6) is 2.45. The molecule has 0 saturated carbocycles. The van der Waals surface area contributed by atoms with Gasteiger partial charge >= 0.3 is 0 Å². The van der Waals surface area contributed by atoms with E-state index in [1.807, 2.05) is 11.8 Å². The van der Waals surface area contributed by atoms with E-state index < -0.39 is 0 Å². The first-order valence-corrected chi connectivity index (χ1v) is 6.51. The topological polar surface area (TPSA) is 41.1 Å².